The van der Waals surface area contributed by atoms with E-state index in [0.717, 1.165) is 17.1 Å². The second kappa shape index (κ2) is 5.52. The van der Waals surface area contributed by atoms with Crippen LogP contribution in [0.15, 0.2) is 12.1 Å². The number of carboxylic acid groups (broad SMARTS) is 1. The van der Waals surface area contributed by atoms with Gasteiger partial charge in [0.05, 0.1) is 5.75 Å². The third-order valence-corrected chi connectivity index (χ3v) is 3.71. The zero-order chi connectivity index (χ0) is 13.1. The third kappa shape index (κ3) is 2.90. The van der Waals surface area contributed by atoms with Crippen molar-refractivity contribution < 1.29 is 19.4 Å². The number of hydrogen-bond donors (Lipinski definition) is 1. The van der Waals surface area contributed by atoms with Crippen LogP contribution in [0.2, 0.25) is 0 Å². The monoisotopic (exact) mass is 268 g/mol. The van der Waals surface area contributed by atoms with Crippen LogP contribution in [-0.2, 0) is 10.5 Å². The SMILES string of the molecule is CC(C)c1cc2c(cc1CSCC(=O)O)OCO2. The molecule has 98 valence electrons. The summed E-state index contributed by atoms with van der Waals surface area (Å²) < 4.78 is 10.7. The average Bonchev–Trinajstić information content (AvgIpc) is 2.74. The third-order valence-electron chi connectivity index (χ3n) is 2.74. The highest BCUT2D eigenvalue weighted by Gasteiger charge is 2.18. The van der Waals surface area contributed by atoms with Crippen molar-refractivity contribution in [3.05, 3.63) is 23.3 Å². The van der Waals surface area contributed by atoms with Crippen molar-refractivity contribution in [2.75, 3.05) is 12.5 Å². The summed E-state index contributed by atoms with van der Waals surface area (Å²) in [5.74, 6) is 1.92. The van der Waals surface area contributed by atoms with Gasteiger partial charge in [0.1, 0.15) is 0 Å². The standard InChI is InChI=1S/C13H16O4S/c1-8(2)10-4-12-11(16-7-17-12)3-9(10)5-18-6-13(14)15/h3-4,8H,5-7H2,1-2H3,(H,14,15). The molecule has 2 rings (SSSR count). The molecule has 0 saturated heterocycles. The Kier molecular flexibility index (Phi) is 4.01. The molecule has 0 amide bonds. The predicted molar refractivity (Wildman–Crippen MR) is 70.5 cm³/mol. The van der Waals surface area contributed by atoms with E-state index in [-0.39, 0.29) is 12.5 Å². The van der Waals surface area contributed by atoms with Gasteiger partial charge in [-0.05, 0) is 29.2 Å². The molecule has 0 atom stereocenters. The van der Waals surface area contributed by atoms with Crippen molar-refractivity contribution in [1.29, 1.82) is 0 Å². The Balaban J connectivity index is 2.19. The van der Waals surface area contributed by atoms with E-state index in [2.05, 4.69) is 13.8 Å². The molecule has 0 bridgehead atoms. The van der Waals surface area contributed by atoms with Gasteiger partial charge in [-0.15, -0.1) is 11.8 Å². The summed E-state index contributed by atoms with van der Waals surface area (Å²) in [6, 6.07) is 3.97. The molecule has 0 fully saturated rings. The molecular weight excluding hydrogens is 252 g/mol. The Bertz CT molecular complexity index is 457. The second-order valence-electron chi connectivity index (χ2n) is 4.45. The van der Waals surface area contributed by atoms with Gasteiger partial charge < -0.3 is 14.6 Å². The van der Waals surface area contributed by atoms with Crippen molar-refractivity contribution in [3.63, 3.8) is 0 Å². The minimum Gasteiger partial charge on any atom is -0.481 e. The van der Waals surface area contributed by atoms with Crippen LogP contribution in [0.4, 0.5) is 0 Å². The number of rotatable bonds is 5. The Morgan fingerprint density at radius 1 is 1.39 bits per heavy atom. The van der Waals surface area contributed by atoms with E-state index in [4.69, 9.17) is 14.6 Å². The zero-order valence-electron chi connectivity index (χ0n) is 10.4. The molecule has 1 aliphatic heterocycles. The van der Waals surface area contributed by atoms with Crippen molar-refractivity contribution >= 4 is 17.7 Å². The first-order chi connectivity index (χ1) is 8.58. The van der Waals surface area contributed by atoms with E-state index < -0.39 is 5.97 Å². The summed E-state index contributed by atoms with van der Waals surface area (Å²) in [6.45, 7) is 4.49. The number of fused-ring (bicyclic) bond motifs is 1. The normalized spacial score (nSPS) is 13.1. The number of thioether (sulfide) groups is 1. The number of aliphatic carboxylic acids is 1. The lowest BCUT2D eigenvalue weighted by molar-refractivity contribution is -0.133. The van der Waals surface area contributed by atoms with E-state index in [1.54, 1.807) is 0 Å². The molecule has 0 aliphatic carbocycles. The Morgan fingerprint density at radius 2 is 2.06 bits per heavy atom. The van der Waals surface area contributed by atoms with Gasteiger partial charge in [0.25, 0.3) is 0 Å². The molecule has 1 aromatic carbocycles. The molecule has 0 radical (unpaired) electrons. The quantitative estimate of drug-likeness (QED) is 0.890. The first-order valence-electron chi connectivity index (χ1n) is 5.80. The topological polar surface area (TPSA) is 55.8 Å². The van der Waals surface area contributed by atoms with Gasteiger partial charge in [0.15, 0.2) is 11.5 Å². The lowest BCUT2D eigenvalue weighted by Gasteiger charge is -2.13. The van der Waals surface area contributed by atoms with Crippen LogP contribution >= 0.6 is 11.8 Å². The lowest BCUT2D eigenvalue weighted by atomic mass is 9.97. The molecule has 1 heterocycles. The molecule has 5 heteroatoms. The molecule has 1 N–H and O–H groups in total. The van der Waals surface area contributed by atoms with Gasteiger partial charge in [0, 0.05) is 5.75 Å². The molecule has 4 nitrogen and oxygen atoms in total. The van der Waals surface area contributed by atoms with Crippen LogP contribution in [0.3, 0.4) is 0 Å². The summed E-state index contributed by atoms with van der Waals surface area (Å²) >= 11 is 1.40. The second-order valence-corrected chi connectivity index (χ2v) is 5.43. The minimum absolute atomic E-state index is 0.117. The van der Waals surface area contributed by atoms with Crippen LogP contribution in [0.25, 0.3) is 0 Å². The van der Waals surface area contributed by atoms with Crippen molar-refractivity contribution in [1.82, 2.24) is 0 Å². The fourth-order valence-corrected chi connectivity index (χ4v) is 2.66. The first-order valence-corrected chi connectivity index (χ1v) is 6.95. The van der Waals surface area contributed by atoms with Crippen LogP contribution in [-0.4, -0.2) is 23.6 Å². The molecular formula is C13H16O4S. The number of ether oxygens (including phenoxy) is 2. The summed E-state index contributed by atoms with van der Waals surface area (Å²) in [5, 5.41) is 8.66. The number of hydrogen-bond acceptors (Lipinski definition) is 4. The highest BCUT2D eigenvalue weighted by Crippen LogP contribution is 2.38. The van der Waals surface area contributed by atoms with Crippen LogP contribution < -0.4 is 9.47 Å². The van der Waals surface area contributed by atoms with Gasteiger partial charge in [-0.2, -0.15) is 0 Å². The summed E-state index contributed by atoms with van der Waals surface area (Å²) in [6.07, 6.45) is 0. The average molecular weight is 268 g/mol. The molecule has 0 spiro atoms. The maximum absolute atomic E-state index is 10.5. The number of carbonyl (C=O) groups is 1. The van der Waals surface area contributed by atoms with Crippen LogP contribution in [0.1, 0.15) is 30.9 Å². The number of carboxylic acids is 1. The van der Waals surface area contributed by atoms with Gasteiger partial charge in [0.2, 0.25) is 6.79 Å². The molecule has 0 unspecified atom stereocenters. The summed E-state index contributed by atoms with van der Waals surface area (Å²) in [7, 11) is 0. The fraction of sp³-hybridized carbons (Fsp3) is 0.462. The Labute approximate surface area is 110 Å². The smallest absolute Gasteiger partial charge is 0.313 e. The van der Waals surface area contributed by atoms with Crippen molar-refractivity contribution in [2.24, 2.45) is 0 Å². The van der Waals surface area contributed by atoms with Gasteiger partial charge in [-0.25, -0.2) is 0 Å². The minimum atomic E-state index is -0.785. The summed E-state index contributed by atoms with van der Waals surface area (Å²) in [4.78, 5) is 10.5. The first kappa shape index (κ1) is 13.1. The Morgan fingerprint density at radius 3 is 2.67 bits per heavy atom. The lowest BCUT2D eigenvalue weighted by Crippen LogP contribution is -2.00. The largest absolute Gasteiger partial charge is 0.481 e. The van der Waals surface area contributed by atoms with E-state index in [1.165, 1.54) is 17.3 Å². The van der Waals surface area contributed by atoms with Crippen molar-refractivity contribution in [2.45, 2.75) is 25.5 Å². The zero-order valence-corrected chi connectivity index (χ0v) is 11.3. The van der Waals surface area contributed by atoms with E-state index in [1.807, 2.05) is 12.1 Å². The van der Waals surface area contributed by atoms with Gasteiger partial charge in [-0.3, -0.25) is 4.79 Å². The van der Waals surface area contributed by atoms with E-state index >= 15 is 0 Å². The molecule has 0 saturated carbocycles. The molecule has 1 aromatic rings. The molecule has 1 aliphatic rings. The van der Waals surface area contributed by atoms with E-state index in [0.29, 0.717) is 11.7 Å². The maximum Gasteiger partial charge on any atom is 0.313 e. The van der Waals surface area contributed by atoms with Crippen LogP contribution in [0, 0.1) is 0 Å². The van der Waals surface area contributed by atoms with E-state index in [9.17, 15) is 4.79 Å². The highest BCUT2D eigenvalue weighted by molar-refractivity contribution is 7.99. The summed E-state index contributed by atoms with van der Waals surface area (Å²) in [5.41, 5.74) is 2.32. The highest BCUT2D eigenvalue weighted by atomic mass is 32.2. The van der Waals surface area contributed by atoms with Crippen LogP contribution in [0.5, 0.6) is 11.5 Å². The van der Waals surface area contributed by atoms with Gasteiger partial charge >= 0.3 is 5.97 Å². The van der Waals surface area contributed by atoms with Gasteiger partial charge in [-0.1, -0.05) is 13.8 Å². The maximum atomic E-state index is 10.5. The fourth-order valence-electron chi connectivity index (χ4n) is 1.91. The predicted octanol–water partition coefficient (Wildman–Crippen LogP) is 2.86. The molecule has 0 aromatic heterocycles. The number of benzene rings is 1. The van der Waals surface area contributed by atoms with Crippen molar-refractivity contribution in [3.8, 4) is 11.5 Å². The molecule has 18 heavy (non-hydrogen) atoms. The Hall–Kier alpha value is -1.36.